The Bertz CT molecular complexity index is 325. The molecular formula is C10H11NO3. The Kier molecular flexibility index (Phi) is 2.47. The molecule has 1 atom stereocenters. The van der Waals surface area contributed by atoms with Crippen molar-refractivity contribution in [2.45, 2.75) is 12.5 Å². The summed E-state index contributed by atoms with van der Waals surface area (Å²) in [5.41, 5.74) is 0.702. The molecular weight excluding hydrogens is 182 g/mol. The number of aliphatic hydroxyl groups excluding tert-OH is 1. The fraction of sp³-hybridized carbons (Fsp3) is 0.300. The van der Waals surface area contributed by atoms with E-state index >= 15 is 0 Å². The van der Waals surface area contributed by atoms with Gasteiger partial charge in [-0.25, -0.2) is 0 Å². The molecule has 1 aliphatic heterocycles. The Balaban J connectivity index is 2.17. The van der Waals surface area contributed by atoms with E-state index in [1.54, 1.807) is 12.1 Å². The largest absolute Gasteiger partial charge is 0.394 e. The van der Waals surface area contributed by atoms with Gasteiger partial charge in [0, 0.05) is 0 Å². The minimum absolute atomic E-state index is 0.116. The van der Waals surface area contributed by atoms with Crippen LogP contribution in [0.3, 0.4) is 0 Å². The maximum Gasteiger partial charge on any atom is 0.253 e. The van der Waals surface area contributed by atoms with E-state index in [9.17, 15) is 4.79 Å². The van der Waals surface area contributed by atoms with Gasteiger partial charge in [-0.2, -0.15) is 5.06 Å². The topological polar surface area (TPSA) is 49.8 Å². The molecule has 1 aliphatic rings. The molecule has 1 heterocycles. The SMILES string of the molecule is O=C1C[C@@H](CO)ON1c1ccccc1. The van der Waals surface area contributed by atoms with Crippen molar-refractivity contribution in [3.63, 3.8) is 0 Å². The van der Waals surface area contributed by atoms with Crippen molar-refractivity contribution in [2.24, 2.45) is 0 Å². The summed E-state index contributed by atoms with van der Waals surface area (Å²) in [7, 11) is 0. The van der Waals surface area contributed by atoms with Crippen molar-refractivity contribution >= 4 is 11.6 Å². The summed E-state index contributed by atoms with van der Waals surface area (Å²) >= 11 is 0. The number of hydrogen-bond donors (Lipinski definition) is 1. The average Bonchev–Trinajstić information content (AvgIpc) is 2.61. The van der Waals surface area contributed by atoms with E-state index in [1.807, 2.05) is 18.2 Å². The van der Waals surface area contributed by atoms with E-state index in [1.165, 1.54) is 5.06 Å². The molecule has 14 heavy (non-hydrogen) atoms. The molecule has 1 N–H and O–H groups in total. The highest BCUT2D eigenvalue weighted by Crippen LogP contribution is 2.22. The molecule has 4 nitrogen and oxygen atoms in total. The van der Waals surface area contributed by atoms with Crippen LogP contribution in [-0.4, -0.2) is 23.7 Å². The number of nitrogens with zero attached hydrogens (tertiary/aromatic N) is 1. The summed E-state index contributed by atoms with van der Waals surface area (Å²) < 4.78 is 0. The first-order valence-electron chi connectivity index (χ1n) is 4.47. The quantitative estimate of drug-likeness (QED) is 0.752. The van der Waals surface area contributed by atoms with Crippen molar-refractivity contribution < 1.29 is 14.7 Å². The van der Waals surface area contributed by atoms with Crippen LogP contribution in [0.15, 0.2) is 30.3 Å². The van der Waals surface area contributed by atoms with Gasteiger partial charge in [0.2, 0.25) is 0 Å². The molecule has 1 aromatic carbocycles. The van der Waals surface area contributed by atoms with E-state index in [-0.39, 0.29) is 18.9 Å². The lowest BCUT2D eigenvalue weighted by atomic mass is 10.2. The molecule has 1 amide bonds. The van der Waals surface area contributed by atoms with Gasteiger partial charge in [-0.05, 0) is 12.1 Å². The minimum atomic E-state index is -0.400. The molecule has 0 aliphatic carbocycles. The number of carbonyl (C=O) groups excluding carboxylic acids is 1. The first-order chi connectivity index (χ1) is 6.81. The molecule has 1 aromatic rings. The third-order valence-electron chi connectivity index (χ3n) is 2.08. The van der Waals surface area contributed by atoms with Gasteiger partial charge in [-0.15, -0.1) is 0 Å². The third-order valence-corrected chi connectivity index (χ3v) is 2.08. The predicted molar refractivity (Wildman–Crippen MR) is 50.5 cm³/mol. The summed E-state index contributed by atoms with van der Waals surface area (Å²) in [5.74, 6) is -0.116. The highest BCUT2D eigenvalue weighted by Gasteiger charge is 2.31. The van der Waals surface area contributed by atoms with Crippen molar-refractivity contribution in [1.29, 1.82) is 0 Å². The Labute approximate surface area is 81.7 Å². The highest BCUT2D eigenvalue weighted by atomic mass is 16.7. The van der Waals surface area contributed by atoms with Crippen LogP contribution in [0.1, 0.15) is 6.42 Å². The number of benzene rings is 1. The first-order valence-corrected chi connectivity index (χ1v) is 4.47. The smallest absolute Gasteiger partial charge is 0.253 e. The number of hydrogen-bond acceptors (Lipinski definition) is 3. The zero-order valence-corrected chi connectivity index (χ0v) is 7.59. The molecule has 0 spiro atoms. The van der Waals surface area contributed by atoms with E-state index in [2.05, 4.69) is 0 Å². The molecule has 74 valence electrons. The lowest BCUT2D eigenvalue weighted by Crippen LogP contribution is -2.23. The molecule has 0 radical (unpaired) electrons. The van der Waals surface area contributed by atoms with E-state index in [4.69, 9.17) is 9.94 Å². The number of hydroxylamine groups is 1. The van der Waals surface area contributed by atoms with Gasteiger partial charge in [-0.3, -0.25) is 9.63 Å². The second-order valence-corrected chi connectivity index (χ2v) is 3.14. The fourth-order valence-corrected chi connectivity index (χ4v) is 1.39. The number of amides is 1. The molecule has 0 aromatic heterocycles. The van der Waals surface area contributed by atoms with Crippen LogP contribution < -0.4 is 5.06 Å². The third kappa shape index (κ3) is 1.62. The molecule has 1 saturated heterocycles. The maximum absolute atomic E-state index is 11.4. The Morgan fingerprint density at radius 1 is 1.43 bits per heavy atom. The van der Waals surface area contributed by atoms with Gasteiger partial charge in [0.25, 0.3) is 5.91 Å². The van der Waals surface area contributed by atoms with E-state index in [0.717, 1.165) is 0 Å². The van der Waals surface area contributed by atoms with Gasteiger partial charge >= 0.3 is 0 Å². The van der Waals surface area contributed by atoms with Crippen LogP contribution in [0.4, 0.5) is 5.69 Å². The van der Waals surface area contributed by atoms with Gasteiger partial charge in [-0.1, -0.05) is 18.2 Å². The highest BCUT2D eigenvalue weighted by molar-refractivity contribution is 5.93. The predicted octanol–water partition coefficient (Wildman–Crippen LogP) is 0.716. The van der Waals surface area contributed by atoms with Crippen LogP contribution >= 0.6 is 0 Å². The first kappa shape index (κ1) is 9.18. The van der Waals surface area contributed by atoms with Crippen molar-refractivity contribution in [1.82, 2.24) is 0 Å². The summed E-state index contributed by atoms with van der Waals surface area (Å²) in [5, 5.41) is 10.1. The second-order valence-electron chi connectivity index (χ2n) is 3.14. The molecule has 2 rings (SSSR count). The van der Waals surface area contributed by atoms with Crippen molar-refractivity contribution in [2.75, 3.05) is 11.7 Å². The van der Waals surface area contributed by atoms with Crippen LogP contribution in [-0.2, 0) is 9.63 Å². The standard InChI is InChI=1S/C10H11NO3/c12-7-9-6-10(13)11(14-9)8-4-2-1-3-5-8/h1-5,9,12H,6-7H2/t9-/m0/s1. The monoisotopic (exact) mass is 193 g/mol. The number of carbonyl (C=O) groups is 1. The summed E-state index contributed by atoms with van der Waals surface area (Å²) in [4.78, 5) is 16.7. The number of aliphatic hydroxyl groups is 1. The normalized spacial score (nSPS) is 21.6. The van der Waals surface area contributed by atoms with E-state index in [0.29, 0.717) is 5.69 Å². The zero-order chi connectivity index (χ0) is 9.97. The van der Waals surface area contributed by atoms with Crippen LogP contribution in [0, 0.1) is 0 Å². The second kappa shape index (κ2) is 3.77. The molecule has 1 fully saturated rings. The van der Waals surface area contributed by atoms with Crippen molar-refractivity contribution in [3.8, 4) is 0 Å². The average molecular weight is 193 g/mol. The summed E-state index contributed by atoms with van der Waals surface area (Å²) in [6.07, 6.45) is -0.159. The van der Waals surface area contributed by atoms with Gasteiger partial charge in [0.05, 0.1) is 18.7 Å². The van der Waals surface area contributed by atoms with E-state index < -0.39 is 6.10 Å². The Morgan fingerprint density at radius 3 is 2.71 bits per heavy atom. The molecule has 0 bridgehead atoms. The van der Waals surface area contributed by atoms with Crippen LogP contribution in [0.5, 0.6) is 0 Å². The fourth-order valence-electron chi connectivity index (χ4n) is 1.39. The number of anilines is 1. The lowest BCUT2D eigenvalue weighted by molar-refractivity contribution is -0.119. The van der Waals surface area contributed by atoms with Crippen LogP contribution in [0.2, 0.25) is 0 Å². The Hall–Kier alpha value is -1.39. The van der Waals surface area contributed by atoms with Gasteiger partial charge < -0.3 is 5.11 Å². The zero-order valence-electron chi connectivity index (χ0n) is 7.59. The maximum atomic E-state index is 11.4. The minimum Gasteiger partial charge on any atom is -0.394 e. The van der Waals surface area contributed by atoms with Crippen LogP contribution in [0.25, 0.3) is 0 Å². The Morgan fingerprint density at radius 2 is 2.14 bits per heavy atom. The van der Waals surface area contributed by atoms with Crippen molar-refractivity contribution in [3.05, 3.63) is 30.3 Å². The van der Waals surface area contributed by atoms with Gasteiger partial charge in [0.1, 0.15) is 6.10 Å². The summed E-state index contributed by atoms with van der Waals surface area (Å²) in [6.45, 7) is -0.130. The lowest BCUT2D eigenvalue weighted by Gasteiger charge is -2.14. The van der Waals surface area contributed by atoms with Gasteiger partial charge in [0.15, 0.2) is 0 Å². The number of para-hydroxylation sites is 1. The molecule has 4 heteroatoms. The number of rotatable bonds is 2. The molecule has 0 unspecified atom stereocenters. The summed E-state index contributed by atoms with van der Waals surface area (Å²) in [6, 6.07) is 9.11. The molecule has 0 saturated carbocycles.